The Labute approximate surface area is 79.5 Å². The van der Waals surface area contributed by atoms with Gasteiger partial charge in [0, 0.05) is 12.1 Å². The van der Waals surface area contributed by atoms with Crippen LogP contribution in [0.2, 0.25) is 0 Å². The molecular weight excluding hydrogens is 172 g/mol. The first-order valence-electron chi connectivity index (χ1n) is 3.87. The minimum atomic E-state index is 0. The summed E-state index contributed by atoms with van der Waals surface area (Å²) in [5.41, 5.74) is 2.27. The molecule has 68 valence electrons. The molecule has 0 atom stereocenters. The molecule has 0 aliphatic rings. The fraction of sp³-hybridized carbons (Fsp3) is 0.444. The minimum Gasteiger partial charge on any atom is -0.346 e. The molecule has 0 bridgehead atoms. The summed E-state index contributed by atoms with van der Waals surface area (Å²) in [6.45, 7) is 7.72. The number of rotatable bonds is 3. The lowest BCUT2D eigenvalue weighted by Gasteiger charge is -1.88. The first-order valence-corrected chi connectivity index (χ1v) is 3.87. The van der Waals surface area contributed by atoms with Gasteiger partial charge in [-0.15, -0.1) is 19.0 Å². The Morgan fingerprint density at radius 2 is 2.17 bits per heavy atom. The molecule has 0 aliphatic heterocycles. The molecule has 3 heteroatoms. The molecule has 0 fully saturated rings. The number of hydrogen-bond donors (Lipinski definition) is 1. The lowest BCUT2D eigenvalue weighted by atomic mass is 10.3. The van der Waals surface area contributed by atoms with Crippen molar-refractivity contribution >= 4 is 12.4 Å². The van der Waals surface area contributed by atoms with Crippen molar-refractivity contribution in [3.8, 4) is 0 Å². The maximum absolute atomic E-state index is 4.34. The van der Waals surface area contributed by atoms with Gasteiger partial charge in [0.25, 0.3) is 0 Å². The van der Waals surface area contributed by atoms with Crippen LogP contribution in [0.3, 0.4) is 0 Å². The highest BCUT2D eigenvalue weighted by Gasteiger charge is 1.99. The van der Waals surface area contributed by atoms with E-state index in [-0.39, 0.29) is 12.4 Å². The summed E-state index contributed by atoms with van der Waals surface area (Å²) in [6.07, 6.45) is 3.87. The third-order valence-corrected chi connectivity index (χ3v) is 1.76. The Kier molecular flexibility index (Phi) is 4.67. The Balaban J connectivity index is 0.00000121. The number of H-pyrrole nitrogens is 1. The summed E-state index contributed by atoms with van der Waals surface area (Å²) < 4.78 is 0. The van der Waals surface area contributed by atoms with Crippen molar-refractivity contribution < 1.29 is 0 Å². The second-order valence-electron chi connectivity index (χ2n) is 2.72. The maximum atomic E-state index is 4.34. The van der Waals surface area contributed by atoms with Crippen molar-refractivity contribution in [2.24, 2.45) is 0 Å². The second-order valence-corrected chi connectivity index (χ2v) is 2.72. The van der Waals surface area contributed by atoms with E-state index in [0.29, 0.717) is 0 Å². The van der Waals surface area contributed by atoms with E-state index >= 15 is 0 Å². The van der Waals surface area contributed by atoms with Crippen LogP contribution >= 0.6 is 12.4 Å². The highest BCUT2D eigenvalue weighted by Crippen LogP contribution is 2.04. The number of nitrogens with zero attached hydrogens (tertiary/aromatic N) is 1. The molecule has 0 saturated heterocycles. The van der Waals surface area contributed by atoms with Gasteiger partial charge >= 0.3 is 0 Å². The molecule has 0 aliphatic carbocycles. The Hall–Kier alpha value is -0.760. The van der Waals surface area contributed by atoms with Crippen molar-refractivity contribution in [1.82, 2.24) is 9.97 Å². The average molecular weight is 187 g/mol. The normalized spacial score (nSPS) is 9.17. The first-order chi connectivity index (χ1) is 5.24. The number of aromatic nitrogens is 2. The van der Waals surface area contributed by atoms with Crippen LogP contribution in [0.25, 0.3) is 0 Å². The van der Waals surface area contributed by atoms with Crippen LogP contribution in [0.4, 0.5) is 0 Å². The van der Waals surface area contributed by atoms with Gasteiger partial charge < -0.3 is 4.98 Å². The largest absolute Gasteiger partial charge is 0.346 e. The SMILES string of the molecule is C=CCCc1nc(C)c(C)[nH]1.Cl. The van der Waals surface area contributed by atoms with Crippen molar-refractivity contribution in [2.45, 2.75) is 26.7 Å². The van der Waals surface area contributed by atoms with Gasteiger partial charge in [0.2, 0.25) is 0 Å². The molecule has 1 N–H and O–H groups in total. The summed E-state index contributed by atoms with van der Waals surface area (Å²) in [5, 5.41) is 0. The molecule has 2 nitrogen and oxygen atoms in total. The Bertz CT molecular complexity index is 234. The van der Waals surface area contributed by atoms with Crippen LogP contribution in [-0.4, -0.2) is 9.97 Å². The van der Waals surface area contributed by atoms with E-state index in [1.807, 2.05) is 19.9 Å². The number of nitrogens with one attached hydrogen (secondary N) is 1. The van der Waals surface area contributed by atoms with E-state index in [4.69, 9.17) is 0 Å². The number of aryl methyl sites for hydroxylation is 3. The monoisotopic (exact) mass is 186 g/mol. The van der Waals surface area contributed by atoms with Gasteiger partial charge in [-0.05, 0) is 20.3 Å². The van der Waals surface area contributed by atoms with Gasteiger partial charge in [0.05, 0.1) is 5.69 Å². The Morgan fingerprint density at radius 1 is 1.50 bits per heavy atom. The zero-order chi connectivity index (χ0) is 8.27. The molecule has 0 unspecified atom stereocenters. The van der Waals surface area contributed by atoms with Gasteiger partial charge in [-0.3, -0.25) is 0 Å². The molecule has 0 amide bonds. The third kappa shape index (κ3) is 2.70. The van der Waals surface area contributed by atoms with Crippen LogP contribution in [0.1, 0.15) is 23.6 Å². The first kappa shape index (κ1) is 11.2. The smallest absolute Gasteiger partial charge is 0.106 e. The van der Waals surface area contributed by atoms with Crippen LogP contribution in [0.15, 0.2) is 12.7 Å². The lowest BCUT2D eigenvalue weighted by Crippen LogP contribution is -1.85. The molecule has 12 heavy (non-hydrogen) atoms. The topological polar surface area (TPSA) is 28.7 Å². The summed E-state index contributed by atoms with van der Waals surface area (Å²) in [4.78, 5) is 7.56. The summed E-state index contributed by atoms with van der Waals surface area (Å²) in [6, 6.07) is 0. The molecule has 1 aromatic rings. The molecule has 0 spiro atoms. The summed E-state index contributed by atoms with van der Waals surface area (Å²) in [5.74, 6) is 1.07. The van der Waals surface area contributed by atoms with Gasteiger partial charge in [0.15, 0.2) is 0 Å². The van der Waals surface area contributed by atoms with Crippen molar-refractivity contribution in [3.05, 3.63) is 29.9 Å². The number of imidazole rings is 1. The van der Waals surface area contributed by atoms with Crippen LogP contribution in [-0.2, 0) is 6.42 Å². The predicted molar refractivity (Wildman–Crippen MR) is 53.8 cm³/mol. The zero-order valence-corrected chi connectivity index (χ0v) is 8.37. The highest BCUT2D eigenvalue weighted by atomic mass is 35.5. The fourth-order valence-corrected chi connectivity index (χ4v) is 0.978. The van der Waals surface area contributed by atoms with Gasteiger partial charge in [-0.2, -0.15) is 0 Å². The molecular formula is C9H15ClN2. The molecule has 1 aromatic heterocycles. The van der Waals surface area contributed by atoms with Crippen molar-refractivity contribution in [2.75, 3.05) is 0 Å². The fourth-order valence-electron chi connectivity index (χ4n) is 0.978. The van der Waals surface area contributed by atoms with Crippen molar-refractivity contribution in [3.63, 3.8) is 0 Å². The average Bonchev–Trinajstić information content (AvgIpc) is 2.28. The Morgan fingerprint density at radius 3 is 2.58 bits per heavy atom. The van der Waals surface area contributed by atoms with E-state index < -0.39 is 0 Å². The quantitative estimate of drug-likeness (QED) is 0.723. The molecule has 0 saturated carbocycles. The maximum Gasteiger partial charge on any atom is 0.106 e. The molecule has 0 aromatic carbocycles. The van der Waals surface area contributed by atoms with Crippen LogP contribution in [0.5, 0.6) is 0 Å². The van der Waals surface area contributed by atoms with Crippen LogP contribution < -0.4 is 0 Å². The van der Waals surface area contributed by atoms with Crippen LogP contribution in [0, 0.1) is 13.8 Å². The number of aromatic amines is 1. The molecule has 0 radical (unpaired) electrons. The number of allylic oxidation sites excluding steroid dienone is 1. The second kappa shape index (κ2) is 4.99. The van der Waals surface area contributed by atoms with Crippen molar-refractivity contribution in [1.29, 1.82) is 0 Å². The zero-order valence-electron chi connectivity index (χ0n) is 7.55. The molecule has 1 rings (SSSR count). The summed E-state index contributed by atoms with van der Waals surface area (Å²) >= 11 is 0. The standard InChI is InChI=1S/C9H14N2.ClH/c1-4-5-6-9-10-7(2)8(3)11-9;/h4H,1,5-6H2,2-3H3,(H,10,11);1H. The summed E-state index contributed by atoms with van der Waals surface area (Å²) in [7, 11) is 0. The van der Waals surface area contributed by atoms with E-state index in [1.54, 1.807) is 0 Å². The van der Waals surface area contributed by atoms with E-state index in [1.165, 1.54) is 5.69 Å². The van der Waals surface area contributed by atoms with E-state index in [0.717, 1.165) is 24.4 Å². The van der Waals surface area contributed by atoms with Gasteiger partial charge in [-0.1, -0.05) is 6.08 Å². The van der Waals surface area contributed by atoms with Gasteiger partial charge in [-0.25, -0.2) is 4.98 Å². The van der Waals surface area contributed by atoms with Gasteiger partial charge in [0.1, 0.15) is 5.82 Å². The highest BCUT2D eigenvalue weighted by molar-refractivity contribution is 5.85. The third-order valence-electron chi connectivity index (χ3n) is 1.76. The molecule has 1 heterocycles. The number of hydrogen-bond acceptors (Lipinski definition) is 1. The number of halogens is 1. The minimum absolute atomic E-state index is 0. The van der Waals surface area contributed by atoms with E-state index in [9.17, 15) is 0 Å². The lowest BCUT2D eigenvalue weighted by molar-refractivity contribution is 0.904. The van der Waals surface area contributed by atoms with E-state index in [2.05, 4.69) is 16.5 Å². The predicted octanol–water partition coefficient (Wildman–Crippen LogP) is 2.57.